The minimum Gasteiger partial charge on any atom is -0.258 e. The number of aliphatic imine (C=N–C) groups is 1. The van der Waals surface area contributed by atoms with Crippen molar-refractivity contribution in [1.82, 2.24) is 9.97 Å². The Hall–Kier alpha value is -2.28. The molecule has 3 rings (SSSR count). The standard InChI is InChI=1S/C12H8N4O2S/c17-16(18)9-3-1-8(2-4-9)10-7-14-12-11(15-10)13-5-6-19-12/h1-5,7H,6H2. The van der Waals surface area contributed by atoms with Gasteiger partial charge in [-0.2, -0.15) is 0 Å². The first-order chi connectivity index (χ1) is 9.24. The van der Waals surface area contributed by atoms with Gasteiger partial charge in [-0.25, -0.2) is 15.0 Å². The number of thioether (sulfide) groups is 1. The van der Waals surface area contributed by atoms with Crippen molar-refractivity contribution >= 4 is 29.5 Å². The van der Waals surface area contributed by atoms with E-state index in [1.165, 1.54) is 12.1 Å². The van der Waals surface area contributed by atoms with Gasteiger partial charge in [-0.05, 0) is 12.1 Å². The van der Waals surface area contributed by atoms with E-state index < -0.39 is 4.92 Å². The van der Waals surface area contributed by atoms with E-state index in [9.17, 15) is 10.1 Å². The van der Waals surface area contributed by atoms with E-state index in [4.69, 9.17) is 0 Å². The summed E-state index contributed by atoms with van der Waals surface area (Å²) in [7, 11) is 0. The second-order valence-corrected chi connectivity index (χ2v) is 4.82. The summed E-state index contributed by atoms with van der Waals surface area (Å²) in [5.41, 5.74) is 1.50. The highest BCUT2D eigenvalue weighted by Gasteiger charge is 2.12. The summed E-state index contributed by atoms with van der Waals surface area (Å²) in [6, 6.07) is 6.23. The van der Waals surface area contributed by atoms with Crippen molar-refractivity contribution in [3.63, 3.8) is 0 Å². The highest BCUT2D eigenvalue weighted by atomic mass is 32.2. The minimum absolute atomic E-state index is 0.0586. The first-order valence-corrected chi connectivity index (χ1v) is 6.50. The maximum absolute atomic E-state index is 10.6. The largest absolute Gasteiger partial charge is 0.269 e. The average Bonchev–Trinajstić information content (AvgIpc) is 2.47. The summed E-state index contributed by atoms with van der Waals surface area (Å²) in [5, 5.41) is 11.4. The zero-order valence-electron chi connectivity index (χ0n) is 9.68. The Morgan fingerprint density at radius 2 is 2.05 bits per heavy atom. The Balaban J connectivity index is 1.98. The molecule has 0 saturated heterocycles. The second kappa shape index (κ2) is 4.77. The monoisotopic (exact) mass is 272 g/mol. The third-order valence-electron chi connectivity index (χ3n) is 2.60. The quantitative estimate of drug-likeness (QED) is 0.620. The molecule has 1 aromatic carbocycles. The number of nitrogens with zero attached hydrogens (tertiary/aromatic N) is 4. The molecule has 2 aromatic rings. The number of hydrogen-bond acceptors (Lipinski definition) is 6. The van der Waals surface area contributed by atoms with Crippen molar-refractivity contribution in [2.24, 2.45) is 4.99 Å². The summed E-state index contributed by atoms with van der Waals surface area (Å²) in [5.74, 6) is 1.41. The number of aromatic nitrogens is 2. The summed E-state index contributed by atoms with van der Waals surface area (Å²) in [4.78, 5) is 23.1. The molecule has 19 heavy (non-hydrogen) atoms. The third kappa shape index (κ3) is 2.32. The van der Waals surface area contributed by atoms with Crippen molar-refractivity contribution < 1.29 is 4.92 Å². The molecule has 0 aliphatic carbocycles. The SMILES string of the molecule is O=[N+]([O-])c1ccc(-c2cnc3c(n2)N=CCS3)cc1. The van der Waals surface area contributed by atoms with Crippen LogP contribution >= 0.6 is 11.8 Å². The summed E-state index contributed by atoms with van der Waals surface area (Å²) < 4.78 is 0. The number of rotatable bonds is 2. The molecule has 0 spiro atoms. The molecular formula is C12H8N4O2S. The molecule has 0 bridgehead atoms. The van der Waals surface area contributed by atoms with E-state index in [1.54, 1.807) is 36.3 Å². The van der Waals surface area contributed by atoms with Gasteiger partial charge in [0.15, 0.2) is 5.82 Å². The lowest BCUT2D eigenvalue weighted by molar-refractivity contribution is -0.384. The van der Waals surface area contributed by atoms with Crippen LogP contribution in [0.1, 0.15) is 0 Å². The fourth-order valence-corrected chi connectivity index (χ4v) is 2.35. The summed E-state index contributed by atoms with van der Waals surface area (Å²) in [6.07, 6.45) is 3.45. The molecule has 0 amide bonds. The molecule has 0 fully saturated rings. The van der Waals surface area contributed by atoms with Gasteiger partial charge in [0.1, 0.15) is 5.03 Å². The van der Waals surface area contributed by atoms with E-state index in [0.29, 0.717) is 11.5 Å². The predicted molar refractivity (Wildman–Crippen MR) is 73.0 cm³/mol. The Labute approximate surface area is 112 Å². The normalized spacial score (nSPS) is 13.1. The van der Waals surface area contributed by atoms with E-state index in [2.05, 4.69) is 15.0 Å². The highest BCUT2D eigenvalue weighted by molar-refractivity contribution is 8.00. The second-order valence-electron chi connectivity index (χ2n) is 3.81. The molecular weight excluding hydrogens is 264 g/mol. The van der Waals surface area contributed by atoms with Gasteiger partial charge in [0, 0.05) is 29.7 Å². The lowest BCUT2D eigenvalue weighted by Crippen LogP contribution is -1.96. The van der Waals surface area contributed by atoms with Crippen LogP contribution in [0.25, 0.3) is 11.3 Å². The average molecular weight is 272 g/mol. The lowest BCUT2D eigenvalue weighted by atomic mass is 10.1. The van der Waals surface area contributed by atoms with Crippen LogP contribution in [0, 0.1) is 10.1 Å². The topological polar surface area (TPSA) is 81.3 Å². The smallest absolute Gasteiger partial charge is 0.258 e. The van der Waals surface area contributed by atoms with Crippen LogP contribution in [0.3, 0.4) is 0 Å². The molecule has 1 aliphatic rings. The van der Waals surface area contributed by atoms with Gasteiger partial charge in [0.25, 0.3) is 5.69 Å². The van der Waals surface area contributed by atoms with Crippen molar-refractivity contribution in [3.05, 3.63) is 40.6 Å². The van der Waals surface area contributed by atoms with Gasteiger partial charge in [-0.3, -0.25) is 10.1 Å². The Morgan fingerprint density at radius 1 is 1.26 bits per heavy atom. The maximum atomic E-state index is 10.6. The molecule has 1 aromatic heterocycles. The molecule has 0 saturated carbocycles. The molecule has 0 radical (unpaired) electrons. The van der Waals surface area contributed by atoms with Crippen LogP contribution in [0.5, 0.6) is 0 Å². The van der Waals surface area contributed by atoms with Crippen LogP contribution in [-0.2, 0) is 0 Å². The number of fused-ring (bicyclic) bond motifs is 1. The molecule has 0 atom stereocenters. The van der Waals surface area contributed by atoms with Crippen LogP contribution in [0.2, 0.25) is 0 Å². The van der Waals surface area contributed by atoms with Gasteiger partial charge in [0.2, 0.25) is 0 Å². The van der Waals surface area contributed by atoms with Crippen LogP contribution in [0.4, 0.5) is 11.5 Å². The van der Waals surface area contributed by atoms with Crippen molar-refractivity contribution in [1.29, 1.82) is 0 Å². The van der Waals surface area contributed by atoms with Gasteiger partial charge >= 0.3 is 0 Å². The van der Waals surface area contributed by atoms with Crippen molar-refractivity contribution in [2.75, 3.05) is 5.75 Å². The van der Waals surface area contributed by atoms with Gasteiger partial charge in [0.05, 0.1) is 16.8 Å². The number of benzene rings is 1. The molecule has 94 valence electrons. The first kappa shape index (κ1) is 11.8. The minimum atomic E-state index is -0.427. The van der Waals surface area contributed by atoms with Crippen LogP contribution < -0.4 is 0 Å². The van der Waals surface area contributed by atoms with Crippen molar-refractivity contribution in [3.8, 4) is 11.3 Å². The lowest BCUT2D eigenvalue weighted by Gasteiger charge is -2.08. The molecule has 1 aliphatic heterocycles. The molecule has 7 heteroatoms. The van der Waals surface area contributed by atoms with E-state index in [0.717, 1.165) is 16.3 Å². The highest BCUT2D eigenvalue weighted by Crippen LogP contribution is 2.30. The zero-order valence-corrected chi connectivity index (χ0v) is 10.5. The van der Waals surface area contributed by atoms with Gasteiger partial charge in [-0.15, -0.1) is 0 Å². The van der Waals surface area contributed by atoms with Crippen LogP contribution in [0.15, 0.2) is 40.5 Å². The fraction of sp³-hybridized carbons (Fsp3) is 0.0833. The molecule has 6 nitrogen and oxygen atoms in total. The summed E-state index contributed by atoms with van der Waals surface area (Å²) in [6.45, 7) is 0. The van der Waals surface area contributed by atoms with Gasteiger partial charge in [-0.1, -0.05) is 11.8 Å². The number of nitro benzene ring substituents is 1. The van der Waals surface area contributed by atoms with E-state index in [1.807, 2.05) is 0 Å². The number of hydrogen-bond donors (Lipinski definition) is 0. The number of nitro groups is 1. The maximum Gasteiger partial charge on any atom is 0.269 e. The Kier molecular flexibility index (Phi) is 2.96. The predicted octanol–water partition coefficient (Wildman–Crippen LogP) is 2.86. The Bertz CT molecular complexity index is 670. The fourth-order valence-electron chi connectivity index (χ4n) is 1.69. The van der Waals surface area contributed by atoms with E-state index >= 15 is 0 Å². The van der Waals surface area contributed by atoms with Crippen molar-refractivity contribution in [2.45, 2.75) is 5.03 Å². The van der Waals surface area contributed by atoms with Crippen LogP contribution in [-0.4, -0.2) is 26.9 Å². The Morgan fingerprint density at radius 3 is 2.79 bits per heavy atom. The number of non-ortho nitro benzene ring substituents is 1. The zero-order chi connectivity index (χ0) is 13.2. The first-order valence-electron chi connectivity index (χ1n) is 5.51. The third-order valence-corrected chi connectivity index (χ3v) is 3.48. The molecule has 0 unspecified atom stereocenters. The van der Waals surface area contributed by atoms with E-state index in [-0.39, 0.29) is 5.69 Å². The van der Waals surface area contributed by atoms with Gasteiger partial charge < -0.3 is 0 Å². The molecule has 2 heterocycles. The molecule has 0 N–H and O–H groups in total. The summed E-state index contributed by atoms with van der Waals surface area (Å²) >= 11 is 1.59.